The second kappa shape index (κ2) is 6.32. The zero-order chi connectivity index (χ0) is 14.5. The fourth-order valence-electron chi connectivity index (χ4n) is 2.62. The van der Waals surface area contributed by atoms with Gasteiger partial charge in [-0.25, -0.2) is 0 Å². The lowest BCUT2D eigenvalue weighted by molar-refractivity contribution is -0.484. The van der Waals surface area contributed by atoms with Gasteiger partial charge in [0.25, 0.3) is 0 Å². The number of hydrogen-bond acceptors (Lipinski definition) is 4. The van der Waals surface area contributed by atoms with Crippen LogP contribution in [-0.4, -0.2) is 24.4 Å². The van der Waals surface area contributed by atoms with Crippen molar-refractivity contribution >= 4 is 5.78 Å². The molecule has 0 aromatic heterocycles. The Kier molecular flexibility index (Phi) is 4.50. The quantitative estimate of drug-likeness (QED) is 0.611. The zero-order valence-electron chi connectivity index (χ0n) is 11.3. The Balaban J connectivity index is 2.28. The highest BCUT2D eigenvalue weighted by Gasteiger charge is 2.32. The van der Waals surface area contributed by atoms with Gasteiger partial charge >= 0.3 is 0 Å². The molecule has 106 valence electrons. The summed E-state index contributed by atoms with van der Waals surface area (Å²) in [6, 6.07) is 7.15. The zero-order valence-corrected chi connectivity index (χ0v) is 11.3. The van der Waals surface area contributed by atoms with Crippen LogP contribution in [0.4, 0.5) is 0 Å². The molecule has 1 aromatic carbocycles. The Morgan fingerprint density at radius 3 is 2.65 bits per heavy atom. The van der Waals surface area contributed by atoms with Crippen molar-refractivity contribution in [2.75, 3.05) is 13.7 Å². The Bertz CT molecular complexity index is 521. The summed E-state index contributed by atoms with van der Waals surface area (Å²) in [6.45, 7) is -0.226. The lowest BCUT2D eigenvalue weighted by atomic mass is 9.78. The van der Waals surface area contributed by atoms with Crippen LogP contribution in [0.25, 0.3) is 0 Å². The monoisotopic (exact) mass is 275 g/mol. The lowest BCUT2D eigenvalue weighted by Crippen LogP contribution is -2.28. The van der Waals surface area contributed by atoms with Crippen molar-refractivity contribution in [2.45, 2.75) is 18.8 Å². The van der Waals surface area contributed by atoms with Crippen molar-refractivity contribution in [3.8, 4) is 5.75 Å². The standard InChI is InChI=1S/C15H17NO4/c1-20-12-8-6-11(7-9-12)14(10-16(18)19)13-4-2-3-5-15(13)17/h3,5-9,13-14H,2,4,10H2,1H3/t13-,14-/m0/s1. The summed E-state index contributed by atoms with van der Waals surface area (Å²) < 4.78 is 5.08. The van der Waals surface area contributed by atoms with Crippen LogP contribution in [0.5, 0.6) is 5.75 Å². The van der Waals surface area contributed by atoms with Crippen molar-refractivity contribution in [2.24, 2.45) is 5.92 Å². The highest BCUT2D eigenvalue weighted by molar-refractivity contribution is 5.93. The number of carbonyl (C=O) groups is 1. The molecule has 0 amide bonds. The van der Waals surface area contributed by atoms with Crippen LogP contribution in [-0.2, 0) is 4.79 Å². The maximum absolute atomic E-state index is 12.0. The van der Waals surface area contributed by atoms with Crippen molar-refractivity contribution in [3.05, 3.63) is 52.1 Å². The second-order valence-electron chi connectivity index (χ2n) is 4.88. The number of nitrogens with zero attached hydrogens (tertiary/aromatic N) is 1. The molecule has 2 rings (SSSR count). The number of methoxy groups -OCH3 is 1. The van der Waals surface area contributed by atoms with Gasteiger partial charge in [0.15, 0.2) is 5.78 Å². The minimum Gasteiger partial charge on any atom is -0.497 e. The van der Waals surface area contributed by atoms with E-state index in [1.807, 2.05) is 6.08 Å². The molecular weight excluding hydrogens is 258 g/mol. The normalized spacial score (nSPS) is 19.6. The number of benzene rings is 1. The third-order valence-electron chi connectivity index (χ3n) is 3.67. The van der Waals surface area contributed by atoms with Crippen LogP contribution in [0.2, 0.25) is 0 Å². The van der Waals surface area contributed by atoms with Gasteiger partial charge in [-0.1, -0.05) is 18.2 Å². The molecule has 0 aliphatic heterocycles. The smallest absolute Gasteiger partial charge is 0.211 e. The summed E-state index contributed by atoms with van der Waals surface area (Å²) in [5.74, 6) is -0.00506. The van der Waals surface area contributed by atoms with Crippen molar-refractivity contribution < 1.29 is 14.5 Å². The number of ether oxygens (including phenoxy) is 1. The maximum Gasteiger partial charge on any atom is 0.211 e. The van der Waals surface area contributed by atoms with Gasteiger partial charge in [0.05, 0.1) is 13.0 Å². The fourth-order valence-corrected chi connectivity index (χ4v) is 2.62. The number of hydrogen-bond donors (Lipinski definition) is 0. The average Bonchev–Trinajstić information content (AvgIpc) is 2.46. The third-order valence-corrected chi connectivity index (χ3v) is 3.67. The molecule has 0 saturated carbocycles. The molecule has 0 radical (unpaired) electrons. The SMILES string of the molecule is COc1ccc([C@H](C[N+](=O)[O-])[C@@H]2CCC=CC2=O)cc1. The van der Waals surface area contributed by atoms with E-state index in [-0.39, 0.29) is 29.1 Å². The van der Waals surface area contributed by atoms with E-state index in [2.05, 4.69) is 0 Å². The van der Waals surface area contributed by atoms with Gasteiger partial charge in [-0.05, 0) is 36.6 Å². The number of carbonyl (C=O) groups excluding carboxylic acids is 1. The molecule has 0 heterocycles. The first-order valence-corrected chi connectivity index (χ1v) is 6.58. The summed E-state index contributed by atoms with van der Waals surface area (Å²) in [7, 11) is 1.57. The molecule has 0 saturated heterocycles. The Morgan fingerprint density at radius 1 is 1.40 bits per heavy atom. The molecule has 0 unspecified atom stereocenters. The van der Waals surface area contributed by atoms with Crippen molar-refractivity contribution in [1.82, 2.24) is 0 Å². The van der Waals surface area contributed by atoms with E-state index in [4.69, 9.17) is 4.74 Å². The van der Waals surface area contributed by atoms with Crippen LogP contribution in [0.3, 0.4) is 0 Å². The summed E-state index contributed by atoms with van der Waals surface area (Å²) in [4.78, 5) is 22.5. The Hall–Kier alpha value is -2.17. The molecule has 1 aromatic rings. The number of nitro groups is 1. The van der Waals surface area contributed by atoms with Gasteiger partial charge in [-0.3, -0.25) is 14.9 Å². The summed E-state index contributed by atoms with van der Waals surface area (Å²) in [5, 5.41) is 10.9. The molecule has 5 heteroatoms. The van der Waals surface area contributed by atoms with Crippen LogP contribution in [0.15, 0.2) is 36.4 Å². The summed E-state index contributed by atoms with van der Waals surface area (Å²) in [5.41, 5.74) is 0.816. The summed E-state index contributed by atoms with van der Waals surface area (Å²) >= 11 is 0. The number of allylic oxidation sites excluding steroid dienone is 2. The first-order chi connectivity index (χ1) is 9.61. The van der Waals surface area contributed by atoms with E-state index < -0.39 is 0 Å². The predicted molar refractivity (Wildman–Crippen MR) is 74.5 cm³/mol. The van der Waals surface area contributed by atoms with Gasteiger partial charge in [0.1, 0.15) is 5.75 Å². The maximum atomic E-state index is 12.0. The van der Waals surface area contributed by atoms with Crippen LogP contribution >= 0.6 is 0 Å². The highest BCUT2D eigenvalue weighted by atomic mass is 16.6. The average molecular weight is 275 g/mol. The van der Waals surface area contributed by atoms with Gasteiger partial charge in [0, 0.05) is 10.8 Å². The molecule has 0 N–H and O–H groups in total. The lowest BCUT2D eigenvalue weighted by Gasteiger charge is -2.24. The van der Waals surface area contributed by atoms with E-state index in [1.165, 1.54) is 0 Å². The van der Waals surface area contributed by atoms with Crippen LogP contribution < -0.4 is 4.74 Å². The Morgan fingerprint density at radius 2 is 2.10 bits per heavy atom. The third kappa shape index (κ3) is 3.23. The van der Waals surface area contributed by atoms with Crippen LogP contribution in [0.1, 0.15) is 24.3 Å². The van der Waals surface area contributed by atoms with E-state index in [0.29, 0.717) is 12.2 Å². The molecular formula is C15H17NO4. The van der Waals surface area contributed by atoms with E-state index in [1.54, 1.807) is 37.5 Å². The molecule has 5 nitrogen and oxygen atoms in total. The number of ketones is 1. The van der Waals surface area contributed by atoms with Gasteiger partial charge in [0.2, 0.25) is 6.54 Å². The summed E-state index contributed by atoms with van der Waals surface area (Å²) in [6.07, 6.45) is 4.83. The van der Waals surface area contributed by atoms with Crippen molar-refractivity contribution in [1.29, 1.82) is 0 Å². The number of rotatable bonds is 5. The molecule has 0 spiro atoms. The first-order valence-electron chi connectivity index (χ1n) is 6.58. The molecule has 1 aliphatic rings. The van der Waals surface area contributed by atoms with Gasteiger partial charge in [-0.15, -0.1) is 0 Å². The molecule has 1 aliphatic carbocycles. The Labute approximate surface area is 117 Å². The molecule has 0 bridgehead atoms. The second-order valence-corrected chi connectivity index (χ2v) is 4.88. The fraction of sp³-hybridized carbons (Fsp3) is 0.400. The van der Waals surface area contributed by atoms with E-state index in [0.717, 1.165) is 12.0 Å². The minimum absolute atomic E-state index is 0.0149. The van der Waals surface area contributed by atoms with Crippen molar-refractivity contribution in [3.63, 3.8) is 0 Å². The highest BCUT2D eigenvalue weighted by Crippen LogP contribution is 2.32. The van der Waals surface area contributed by atoms with E-state index in [9.17, 15) is 14.9 Å². The van der Waals surface area contributed by atoms with E-state index >= 15 is 0 Å². The topological polar surface area (TPSA) is 69.4 Å². The predicted octanol–water partition coefficient (Wildman–Crippen LogP) is 2.59. The van der Waals surface area contributed by atoms with Gasteiger partial charge < -0.3 is 4.74 Å². The molecule has 0 fully saturated rings. The van der Waals surface area contributed by atoms with Crippen LogP contribution in [0, 0.1) is 16.0 Å². The minimum atomic E-state index is -0.381. The first kappa shape index (κ1) is 14.2. The molecule has 20 heavy (non-hydrogen) atoms. The molecule has 2 atom stereocenters. The van der Waals surface area contributed by atoms with Gasteiger partial charge in [-0.2, -0.15) is 0 Å². The largest absolute Gasteiger partial charge is 0.497 e.